The molecule has 0 radical (unpaired) electrons. The van der Waals surface area contributed by atoms with E-state index in [4.69, 9.17) is 4.74 Å². The van der Waals surface area contributed by atoms with Crippen LogP contribution in [0.1, 0.15) is 35.8 Å². The maximum atomic E-state index is 13.3. The van der Waals surface area contributed by atoms with E-state index in [1.54, 1.807) is 0 Å². The molecule has 1 unspecified atom stereocenters. The van der Waals surface area contributed by atoms with Crippen LogP contribution in [0.3, 0.4) is 0 Å². The number of carbonyl (C=O) groups is 2. The normalized spacial score (nSPS) is 11.8. The molecule has 0 saturated carbocycles. The second-order valence-corrected chi connectivity index (χ2v) is 6.38. The van der Waals surface area contributed by atoms with Crippen LogP contribution in [0.25, 0.3) is 10.8 Å². The van der Waals surface area contributed by atoms with Crippen LogP contribution in [0.4, 0.5) is 4.39 Å². The molecular weight excluding hydrogens is 345 g/mol. The summed E-state index contributed by atoms with van der Waals surface area (Å²) in [5.74, 6) is -0.983. The minimum atomic E-state index is -0.526. The number of hydrogen-bond donors (Lipinski definition) is 1. The molecule has 0 bridgehead atoms. The van der Waals surface area contributed by atoms with Gasteiger partial charge in [-0.15, -0.1) is 0 Å². The van der Waals surface area contributed by atoms with Crippen molar-refractivity contribution in [1.29, 1.82) is 0 Å². The molecule has 0 fully saturated rings. The summed E-state index contributed by atoms with van der Waals surface area (Å²) in [6, 6.07) is 17.5. The van der Waals surface area contributed by atoms with Gasteiger partial charge >= 0.3 is 0 Å². The highest BCUT2D eigenvalue weighted by molar-refractivity contribution is 5.97. The van der Waals surface area contributed by atoms with Crippen LogP contribution in [0.5, 0.6) is 5.75 Å². The summed E-state index contributed by atoms with van der Waals surface area (Å²) in [7, 11) is 0. The zero-order valence-corrected chi connectivity index (χ0v) is 15.2. The van der Waals surface area contributed by atoms with E-state index in [0.717, 1.165) is 22.4 Å². The van der Waals surface area contributed by atoms with E-state index < -0.39 is 5.82 Å². The van der Waals surface area contributed by atoms with E-state index in [2.05, 4.69) is 5.32 Å². The number of ketones is 1. The van der Waals surface area contributed by atoms with E-state index in [1.165, 1.54) is 19.1 Å². The van der Waals surface area contributed by atoms with Crippen molar-refractivity contribution in [1.82, 2.24) is 5.32 Å². The van der Waals surface area contributed by atoms with Crippen LogP contribution in [0, 0.1) is 5.82 Å². The molecule has 1 amide bonds. The molecule has 0 aliphatic carbocycles. The van der Waals surface area contributed by atoms with Gasteiger partial charge in [-0.25, -0.2) is 4.39 Å². The molecule has 0 saturated heterocycles. The second kappa shape index (κ2) is 7.99. The van der Waals surface area contributed by atoms with Crippen LogP contribution in [-0.4, -0.2) is 18.3 Å². The van der Waals surface area contributed by atoms with Crippen molar-refractivity contribution >= 4 is 22.5 Å². The molecule has 0 aliphatic heterocycles. The van der Waals surface area contributed by atoms with Crippen molar-refractivity contribution in [2.75, 3.05) is 6.61 Å². The number of carbonyl (C=O) groups excluding carboxylic acids is 2. The van der Waals surface area contributed by atoms with Crippen LogP contribution in [0.2, 0.25) is 0 Å². The first kappa shape index (κ1) is 18.6. The second-order valence-electron chi connectivity index (χ2n) is 6.38. The van der Waals surface area contributed by atoms with E-state index in [0.29, 0.717) is 0 Å². The van der Waals surface area contributed by atoms with Gasteiger partial charge in [0.2, 0.25) is 0 Å². The van der Waals surface area contributed by atoms with E-state index >= 15 is 0 Å². The Bertz CT molecular complexity index is 1000. The van der Waals surface area contributed by atoms with E-state index in [9.17, 15) is 14.0 Å². The van der Waals surface area contributed by atoms with Crippen LogP contribution in [0.15, 0.2) is 60.7 Å². The molecule has 0 aromatic heterocycles. The van der Waals surface area contributed by atoms with Gasteiger partial charge in [0.1, 0.15) is 11.6 Å². The summed E-state index contributed by atoms with van der Waals surface area (Å²) < 4.78 is 18.7. The van der Waals surface area contributed by atoms with Crippen molar-refractivity contribution in [3.8, 4) is 5.75 Å². The average Bonchev–Trinajstić information content (AvgIpc) is 2.66. The number of ether oxygens (including phenoxy) is 1. The van der Waals surface area contributed by atoms with Crippen molar-refractivity contribution in [2.45, 2.75) is 19.9 Å². The van der Waals surface area contributed by atoms with Crippen molar-refractivity contribution in [3.63, 3.8) is 0 Å². The maximum absolute atomic E-state index is 13.3. The Morgan fingerprint density at radius 2 is 1.78 bits per heavy atom. The lowest BCUT2D eigenvalue weighted by atomic mass is 10.0. The molecule has 0 heterocycles. The largest absolute Gasteiger partial charge is 0.483 e. The topological polar surface area (TPSA) is 55.4 Å². The highest BCUT2D eigenvalue weighted by Crippen LogP contribution is 2.22. The van der Waals surface area contributed by atoms with Gasteiger partial charge in [-0.05, 0) is 54.4 Å². The third kappa shape index (κ3) is 4.50. The number of fused-ring (bicyclic) bond motifs is 1. The van der Waals surface area contributed by atoms with Gasteiger partial charge in [0.25, 0.3) is 5.91 Å². The lowest BCUT2D eigenvalue weighted by Crippen LogP contribution is -2.31. The summed E-state index contributed by atoms with van der Waals surface area (Å²) in [6.45, 7) is 2.95. The Hall–Kier alpha value is -3.21. The number of Topliss-reactive ketones (excluding diaryl/α,β-unsaturated/α-hetero) is 1. The van der Waals surface area contributed by atoms with Gasteiger partial charge in [-0.2, -0.15) is 0 Å². The molecular formula is C22H20FNO3. The van der Waals surface area contributed by atoms with Gasteiger partial charge in [0, 0.05) is 0 Å². The van der Waals surface area contributed by atoms with Crippen LogP contribution in [-0.2, 0) is 4.79 Å². The molecule has 0 aliphatic rings. The number of hydrogen-bond acceptors (Lipinski definition) is 3. The molecule has 1 atom stereocenters. The zero-order valence-electron chi connectivity index (χ0n) is 15.2. The number of amides is 1. The van der Waals surface area contributed by atoms with Crippen LogP contribution < -0.4 is 10.1 Å². The molecule has 138 valence electrons. The van der Waals surface area contributed by atoms with Crippen LogP contribution >= 0.6 is 0 Å². The molecule has 1 N–H and O–H groups in total. The monoisotopic (exact) mass is 365 g/mol. The first-order chi connectivity index (χ1) is 12.9. The van der Waals surface area contributed by atoms with Crippen molar-refractivity contribution in [3.05, 3.63) is 77.6 Å². The highest BCUT2D eigenvalue weighted by Gasteiger charge is 2.14. The summed E-state index contributed by atoms with van der Waals surface area (Å²) in [4.78, 5) is 23.8. The maximum Gasteiger partial charge on any atom is 0.258 e. The van der Waals surface area contributed by atoms with Gasteiger partial charge in [-0.1, -0.05) is 36.4 Å². The first-order valence-corrected chi connectivity index (χ1v) is 8.65. The number of nitrogens with one attached hydrogen (secondary N) is 1. The predicted molar refractivity (Wildman–Crippen MR) is 102 cm³/mol. The fourth-order valence-corrected chi connectivity index (χ4v) is 2.89. The van der Waals surface area contributed by atoms with Gasteiger partial charge in [0.15, 0.2) is 12.4 Å². The Kier molecular flexibility index (Phi) is 5.50. The van der Waals surface area contributed by atoms with Crippen molar-refractivity contribution < 1.29 is 18.7 Å². The van der Waals surface area contributed by atoms with Crippen molar-refractivity contribution in [2.24, 2.45) is 0 Å². The molecule has 3 aromatic rings. The average molecular weight is 365 g/mol. The summed E-state index contributed by atoms with van der Waals surface area (Å²) in [5.41, 5.74) is 1.10. The standard InChI is InChI=1S/C22H20FNO3/c1-14(17-8-7-16-5-3-4-6-18(16)11-17)24-22(26)13-27-21-10-9-19(23)12-20(21)15(2)25/h3-12,14H,13H2,1-2H3,(H,24,26). The SMILES string of the molecule is CC(=O)c1cc(F)ccc1OCC(=O)NC(C)c1ccc2ccccc2c1. The number of halogens is 1. The minimum Gasteiger partial charge on any atom is -0.483 e. The molecule has 3 rings (SSSR count). The molecule has 0 spiro atoms. The minimum absolute atomic E-state index is 0.116. The first-order valence-electron chi connectivity index (χ1n) is 8.65. The predicted octanol–water partition coefficient (Wildman–Crippen LogP) is 4.44. The smallest absolute Gasteiger partial charge is 0.258 e. The Morgan fingerprint density at radius 3 is 2.52 bits per heavy atom. The Labute approximate surface area is 157 Å². The lowest BCUT2D eigenvalue weighted by Gasteiger charge is -2.16. The zero-order chi connectivity index (χ0) is 19.4. The fraction of sp³-hybridized carbons (Fsp3) is 0.182. The Balaban J connectivity index is 1.64. The summed E-state index contributed by atoms with van der Waals surface area (Å²) in [6.07, 6.45) is 0. The van der Waals surface area contributed by atoms with Gasteiger partial charge in [-0.3, -0.25) is 9.59 Å². The Morgan fingerprint density at radius 1 is 1.04 bits per heavy atom. The third-order valence-electron chi connectivity index (χ3n) is 4.33. The third-order valence-corrected chi connectivity index (χ3v) is 4.33. The summed E-state index contributed by atoms with van der Waals surface area (Å²) >= 11 is 0. The fourth-order valence-electron chi connectivity index (χ4n) is 2.89. The van der Waals surface area contributed by atoms with Gasteiger partial charge in [0.05, 0.1) is 11.6 Å². The number of rotatable bonds is 6. The molecule has 4 nitrogen and oxygen atoms in total. The molecule has 3 aromatic carbocycles. The van der Waals surface area contributed by atoms with E-state index in [1.807, 2.05) is 49.4 Å². The quantitative estimate of drug-likeness (QED) is 0.657. The highest BCUT2D eigenvalue weighted by atomic mass is 19.1. The summed E-state index contributed by atoms with van der Waals surface area (Å²) in [5, 5.41) is 5.11. The van der Waals surface area contributed by atoms with E-state index in [-0.39, 0.29) is 35.7 Å². The number of benzene rings is 3. The molecule has 27 heavy (non-hydrogen) atoms. The lowest BCUT2D eigenvalue weighted by molar-refractivity contribution is -0.123. The molecule has 5 heteroatoms. The van der Waals surface area contributed by atoms with Gasteiger partial charge < -0.3 is 10.1 Å².